The van der Waals surface area contributed by atoms with E-state index < -0.39 is 24.2 Å². The second-order valence-electron chi connectivity index (χ2n) is 4.61. The van der Waals surface area contributed by atoms with Crippen molar-refractivity contribution < 1.29 is 35.8 Å². The van der Waals surface area contributed by atoms with Gasteiger partial charge in [-0.3, -0.25) is 0 Å². The van der Waals surface area contributed by atoms with E-state index in [9.17, 15) is 26.3 Å². The SMILES string of the molecule is Nc1cccc(OC(F)(F)F)c1N.Nc1cccc(OC(F)(F)F)c1N. The molecule has 2 aromatic rings. The molecule has 0 unspecified atom stereocenters. The van der Waals surface area contributed by atoms with Gasteiger partial charge in [-0.2, -0.15) is 0 Å². The molecule has 0 aliphatic rings. The van der Waals surface area contributed by atoms with Crippen molar-refractivity contribution in [3.8, 4) is 11.5 Å². The summed E-state index contributed by atoms with van der Waals surface area (Å²) in [5.41, 5.74) is 20.7. The zero-order chi connectivity index (χ0) is 20.1. The summed E-state index contributed by atoms with van der Waals surface area (Å²) < 4.78 is 77.6. The second-order valence-corrected chi connectivity index (χ2v) is 4.61. The lowest BCUT2D eigenvalue weighted by atomic mass is 10.2. The Morgan fingerprint density at radius 1 is 0.577 bits per heavy atom. The minimum Gasteiger partial charge on any atom is -0.404 e. The molecule has 0 heterocycles. The topological polar surface area (TPSA) is 123 Å². The average molecular weight is 384 g/mol. The van der Waals surface area contributed by atoms with Gasteiger partial charge in [0.15, 0.2) is 11.5 Å². The lowest BCUT2D eigenvalue weighted by molar-refractivity contribution is -0.275. The van der Waals surface area contributed by atoms with Crippen LogP contribution in [-0.2, 0) is 0 Å². The second kappa shape index (κ2) is 7.80. The molecule has 2 rings (SSSR count). The number of hydrogen-bond acceptors (Lipinski definition) is 6. The van der Waals surface area contributed by atoms with E-state index in [1.54, 1.807) is 0 Å². The van der Waals surface area contributed by atoms with E-state index in [1.165, 1.54) is 24.3 Å². The summed E-state index contributed by atoms with van der Waals surface area (Å²) in [6.07, 6.45) is -9.50. The van der Waals surface area contributed by atoms with Crippen molar-refractivity contribution in [3.63, 3.8) is 0 Å². The average Bonchev–Trinajstić information content (AvgIpc) is 2.47. The quantitative estimate of drug-likeness (QED) is 0.464. The number of nitrogen functional groups attached to an aromatic ring is 4. The van der Waals surface area contributed by atoms with Crippen molar-refractivity contribution in [2.75, 3.05) is 22.9 Å². The maximum Gasteiger partial charge on any atom is 0.573 e. The van der Waals surface area contributed by atoms with Crippen LogP contribution in [0.3, 0.4) is 0 Å². The Labute approximate surface area is 143 Å². The van der Waals surface area contributed by atoms with Crippen LogP contribution in [0.5, 0.6) is 11.5 Å². The van der Waals surface area contributed by atoms with E-state index in [-0.39, 0.29) is 22.7 Å². The minimum absolute atomic E-state index is 0.0572. The fourth-order valence-electron chi connectivity index (χ4n) is 1.55. The Morgan fingerprint density at radius 2 is 0.885 bits per heavy atom. The first-order valence-corrected chi connectivity index (χ1v) is 6.59. The minimum atomic E-state index is -4.75. The van der Waals surface area contributed by atoms with Gasteiger partial charge in [0, 0.05) is 0 Å². The molecule has 0 aromatic heterocycles. The highest BCUT2D eigenvalue weighted by molar-refractivity contribution is 5.71. The van der Waals surface area contributed by atoms with Crippen LogP contribution in [0.4, 0.5) is 49.1 Å². The molecule has 144 valence electrons. The van der Waals surface area contributed by atoms with Gasteiger partial charge in [-0.25, -0.2) is 0 Å². The zero-order valence-corrected chi connectivity index (χ0v) is 12.9. The predicted octanol–water partition coefficient (Wildman–Crippen LogP) is 3.50. The number of anilines is 4. The number of halogens is 6. The van der Waals surface area contributed by atoms with Gasteiger partial charge in [0.05, 0.1) is 22.7 Å². The highest BCUT2D eigenvalue weighted by Crippen LogP contribution is 2.32. The van der Waals surface area contributed by atoms with Crippen LogP contribution >= 0.6 is 0 Å². The largest absolute Gasteiger partial charge is 0.573 e. The smallest absolute Gasteiger partial charge is 0.404 e. The van der Waals surface area contributed by atoms with Crippen molar-refractivity contribution in [1.29, 1.82) is 0 Å². The fourth-order valence-corrected chi connectivity index (χ4v) is 1.55. The van der Waals surface area contributed by atoms with E-state index in [2.05, 4.69) is 9.47 Å². The van der Waals surface area contributed by atoms with Crippen LogP contribution in [0.25, 0.3) is 0 Å². The van der Waals surface area contributed by atoms with E-state index >= 15 is 0 Å². The molecule has 0 atom stereocenters. The van der Waals surface area contributed by atoms with Crippen LogP contribution in [0, 0.1) is 0 Å². The highest BCUT2D eigenvalue weighted by atomic mass is 19.4. The molecule has 0 spiro atoms. The van der Waals surface area contributed by atoms with Gasteiger partial charge in [-0.15, -0.1) is 26.3 Å². The van der Waals surface area contributed by atoms with Crippen molar-refractivity contribution in [2.24, 2.45) is 0 Å². The van der Waals surface area contributed by atoms with Crippen molar-refractivity contribution in [1.82, 2.24) is 0 Å². The number of ether oxygens (including phenoxy) is 2. The summed E-state index contributed by atoms with van der Waals surface area (Å²) in [5, 5.41) is 0. The summed E-state index contributed by atoms with van der Waals surface area (Å²) in [6.45, 7) is 0. The highest BCUT2D eigenvalue weighted by Gasteiger charge is 2.32. The van der Waals surface area contributed by atoms with E-state index in [1.807, 2.05) is 0 Å². The van der Waals surface area contributed by atoms with Crippen molar-refractivity contribution in [2.45, 2.75) is 12.7 Å². The normalized spacial score (nSPS) is 11.3. The number of rotatable bonds is 2. The molecule has 12 heteroatoms. The van der Waals surface area contributed by atoms with Crippen LogP contribution in [0.15, 0.2) is 36.4 Å². The van der Waals surface area contributed by atoms with Crippen LogP contribution < -0.4 is 32.4 Å². The number of benzene rings is 2. The molecule has 8 N–H and O–H groups in total. The molecule has 2 aromatic carbocycles. The first kappa shape index (κ1) is 20.9. The number of nitrogens with two attached hydrogens (primary N) is 4. The Hall–Kier alpha value is -3.18. The van der Waals surface area contributed by atoms with Gasteiger partial charge in [0.1, 0.15) is 0 Å². The van der Waals surface area contributed by atoms with Gasteiger partial charge >= 0.3 is 12.7 Å². The molecule has 0 aliphatic heterocycles. The molecule has 6 nitrogen and oxygen atoms in total. The summed E-state index contributed by atoms with van der Waals surface area (Å²) in [4.78, 5) is 0. The number of alkyl halides is 6. The first-order chi connectivity index (χ1) is 11.8. The fraction of sp³-hybridized carbons (Fsp3) is 0.143. The number of para-hydroxylation sites is 2. The number of hydrogen-bond donors (Lipinski definition) is 4. The molecule has 0 fully saturated rings. The summed E-state index contributed by atoms with van der Waals surface area (Å²) >= 11 is 0. The molecule has 0 saturated heterocycles. The van der Waals surface area contributed by atoms with Crippen LogP contribution in [0.2, 0.25) is 0 Å². The third kappa shape index (κ3) is 6.75. The Morgan fingerprint density at radius 3 is 1.15 bits per heavy atom. The molecule has 0 bridgehead atoms. The Bertz CT molecular complexity index is 686. The van der Waals surface area contributed by atoms with Crippen molar-refractivity contribution >= 4 is 22.7 Å². The Balaban J connectivity index is 0.000000260. The molecule has 0 amide bonds. The van der Waals surface area contributed by atoms with E-state index in [0.29, 0.717) is 0 Å². The molecular weight excluding hydrogens is 370 g/mol. The standard InChI is InChI=1S/2C7H7F3N2O/c2*8-7(9,10)13-5-3-1-2-4(11)6(5)12/h2*1-3H,11-12H2. The van der Waals surface area contributed by atoms with Gasteiger partial charge in [-0.05, 0) is 24.3 Å². The summed E-state index contributed by atoms with van der Waals surface area (Å²) in [7, 11) is 0. The summed E-state index contributed by atoms with van der Waals surface area (Å²) in [6, 6.07) is 7.62. The molecule has 0 saturated carbocycles. The van der Waals surface area contributed by atoms with Crippen LogP contribution in [-0.4, -0.2) is 12.7 Å². The van der Waals surface area contributed by atoms with E-state index in [0.717, 1.165) is 12.1 Å². The molecule has 0 aliphatic carbocycles. The third-order valence-corrected chi connectivity index (χ3v) is 2.65. The van der Waals surface area contributed by atoms with Gasteiger partial charge in [0.2, 0.25) is 0 Å². The molecular formula is C14H14F6N4O2. The monoisotopic (exact) mass is 384 g/mol. The van der Waals surface area contributed by atoms with Gasteiger partial charge < -0.3 is 32.4 Å². The summed E-state index contributed by atoms with van der Waals surface area (Å²) in [5.74, 6) is -0.958. The lowest BCUT2D eigenvalue weighted by Gasteiger charge is -2.11. The van der Waals surface area contributed by atoms with Gasteiger partial charge in [-0.1, -0.05) is 12.1 Å². The lowest BCUT2D eigenvalue weighted by Crippen LogP contribution is -2.18. The third-order valence-electron chi connectivity index (χ3n) is 2.65. The predicted molar refractivity (Wildman–Crippen MR) is 83.9 cm³/mol. The maximum atomic E-state index is 11.7. The van der Waals surface area contributed by atoms with Gasteiger partial charge in [0.25, 0.3) is 0 Å². The zero-order valence-electron chi connectivity index (χ0n) is 12.9. The maximum absolute atomic E-state index is 11.7. The molecule has 0 radical (unpaired) electrons. The van der Waals surface area contributed by atoms with E-state index in [4.69, 9.17) is 22.9 Å². The van der Waals surface area contributed by atoms with Crippen LogP contribution in [0.1, 0.15) is 0 Å². The van der Waals surface area contributed by atoms with Crippen molar-refractivity contribution in [3.05, 3.63) is 36.4 Å². The first-order valence-electron chi connectivity index (χ1n) is 6.59. The molecule has 26 heavy (non-hydrogen) atoms. The Kier molecular flexibility index (Phi) is 6.26.